The van der Waals surface area contributed by atoms with Gasteiger partial charge in [0, 0.05) is 38.8 Å². The van der Waals surface area contributed by atoms with Gasteiger partial charge in [-0.25, -0.2) is 14.3 Å². The maximum Gasteiger partial charge on any atom is 0.320 e. The molecule has 2 aliphatic heterocycles. The van der Waals surface area contributed by atoms with E-state index in [0.717, 1.165) is 61.4 Å². The second-order valence-electron chi connectivity index (χ2n) is 6.27. The van der Waals surface area contributed by atoms with Gasteiger partial charge in [0.05, 0.1) is 11.9 Å². The smallest absolute Gasteiger partial charge is 0.320 e. The molecule has 0 aromatic carbocycles. The molecule has 2 aromatic rings. The number of amides is 2. The molecule has 0 saturated carbocycles. The molecule has 2 amide bonds. The number of carbonyl (C=O) groups is 1. The minimum atomic E-state index is 0.217. The number of imidazole rings is 1. The summed E-state index contributed by atoms with van der Waals surface area (Å²) in [7, 11) is 0. The molecule has 2 saturated heterocycles. The summed E-state index contributed by atoms with van der Waals surface area (Å²) in [6, 6.07) is 0.593. The van der Waals surface area contributed by atoms with Gasteiger partial charge in [-0.3, -0.25) is 0 Å². The van der Waals surface area contributed by atoms with Crippen LogP contribution in [0.2, 0.25) is 0 Å². The Hall–Kier alpha value is -1.83. The molecule has 4 rings (SSSR count). The van der Waals surface area contributed by atoms with E-state index in [1.54, 1.807) is 11.3 Å². The third kappa shape index (κ3) is 2.54. The first-order chi connectivity index (χ1) is 11.2. The number of likely N-dealkylation sites (N-methyl/N-ethyl adjacent to an activating group) is 1. The van der Waals surface area contributed by atoms with Crippen LogP contribution in [0.3, 0.4) is 0 Å². The number of piperidine rings is 1. The highest BCUT2D eigenvalue weighted by atomic mass is 32.1. The first kappa shape index (κ1) is 14.7. The Balaban J connectivity index is 1.40. The van der Waals surface area contributed by atoms with Crippen molar-refractivity contribution >= 4 is 27.5 Å². The molecule has 4 heterocycles. The summed E-state index contributed by atoms with van der Waals surface area (Å²) in [5, 5.41) is 5.67. The van der Waals surface area contributed by atoms with Crippen LogP contribution in [0.25, 0.3) is 4.96 Å². The monoisotopic (exact) mass is 334 g/mol. The van der Waals surface area contributed by atoms with E-state index in [1.807, 2.05) is 29.5 Å². The van der Waals surface area contributed by atoms with Crippen LogP contribution in [-0.4, -0.2) is 69.2 Å². The average Bonchev–Trinajstić information content (AvgIpc) is 3.20. The van der Waals surface area contributed by atoms with Crippen LogP contribution >= 0.6 is 11.3 Å². The zero-order chi connectivity index (χ0) is 16.0. The molecule has 7 nitrogen and oxygen atoms in total. The normalized spacial score (nSPS) is 20.3. The molecule has 2 fully saturated rings. The van der Waals surface area contributed by atoms with Crippen molar-refractivity contribution in [3.05, 3.63) is 11.9 Å². The fourth-order valence-corrected chi connectivity index (χ4v) is 4.51. The summed E-state index contributed by atoms with van der Waals surface area (Å²) in [6.45, 7) is 8.50. The second-order valence-corrected chi connectivity index (χ2v) is 7.20. The number of fused-ring (bicyclic) bond motifs is 1. The summed E-state index contributed by atoms with van der Waals surface area (Å²) in [4.78, 5) is 24.1. The Kier molecular flexibility index (Phi) is 3.63. The molecular formula is C15H22N6OS. The van der Waals surface area contributed by atoms with E-state index in [4.69, 9.17) is 0 Å². The fourth-order valence-electron chi connectivity index (χ4n) is 3.53. The highest BCUT2D eigenvalue weighted by Crippen LogP contribution is 2.28. The fraction of sp³-hybridized carbons (Fsp3) is 0.667. The number of rotatable bonds is 3. The van der Waals surface area contributed by atoms with Gasteiger partial charge in [0.1, 0.15) is 0 Å². The zero-order valence-corrected chi connectivity index (χ0v) is 14.4. The van der Waals surface area contributed by atoms with Crippen molar-refractivity contribution in [2.75, 3.05) is 37.6 Å². The number of urea groups is 1. The Bertz CT molecular complexity index is 685. The van der Waals surface area contributed by atoms with Crippen molar-refractivity contribution in [1.82, 2.24) is 24.4 Å². The molecular weight excluding hydrogens is 312 g/mol. The molecule has 0 bridgehead atoms. The van der Waals surface area contributed by atoms with Gasteiger partial charge >= 0.3 is 6.03 Å². The quantitative estimate of drug-likeness (QED) is 0.859. The van der Waals surface area contributed by atoms with Crippen LogP contribution in [0.4, 0.5) is 9.93 Å². The lowest BCUT2D eigenvalue weighted by atomic mass is 10.0. The Morgan fingerprint density at radius 2 is 2.04 bits per heavy atom. The van der Waals surface area contributed by atoms with Gasteiger partial charge in [0.15, 0.2) is 0 Å². The first-order valence-electron chi connectivity index (χ1n) is 8.29. The van der Waals surface area contributed by atoms with Gasteiger partial charge in [-0.05, 0) is 26.7 Å². The number of nitrogens with zero attached hydrogens (tertiary/aromatic N) is 6. The third-order valence-electron chi connectivity index (χ3n) is 4.84. The number of aryl methyl sites for hydroxylation is 1. The predicted octanol–water partition coefficient (Wildman–Crippen LogP) is 1.83. The van der Waals surface area contributed by atoms with Crippen molar-refractivity contribution in [3.8, 4) is 0 Å². The number of carbonyl (C=O) groups excluding carboxylic acids is 1. The van der Waals surface area contributed by atoms with Crippen LogP contribution in [0.1, 0.15) is 25.5 Å². The van der Waals surface area contributed by atoms with Crippen LogP contribution in [-0.2, 0) is 0 Å². The number of hydrogen-bond acceptors (Lipinski definition) is 5. The van der Waals surface area contributed by atoms with Gasteiger partial charge in [-0.1, -0.05) is 11.3 Å². The molecule has 0 spiro atoms. The summed E-state index contributed by atoms with van der Waals surface area (Å²) in [5.74, 6) is 0. The zero-order valence-electron chi connectivity index (χ0n) is 13.6. The Morgan fingerprint density at radius 1 is 1.26 bits per heavy atom. The summed E-state index contributed by atoms with van der Waals surface area (Å²) in [6.07, 6.45) is 4.00. The van der Waals surface area contributed by atoms with Gasteiger partial charge in [0.25, 0.3) is 0 Å². The molecule has 0 radical (unpaired) electrons. The molecule has 124 valence electrons. The molecule has 8 heteroatoms. The molecule has 2 aromatic heterocycles. The van der Waals surface area contributed by atoms with Crippen LogP contribution in [0.15, 0.2) is 6.20 Å². The minimum Gasteiger partial charge on any atom is -0.347 e. The highest BCUT2D eigenvalue weighted by molar-refractivity contribution is 7.20. The van der Waals surface area contributed by atoms with Gasteiger partial charge in [0.2, 0.25) is 10.1 Å². The lowest BCUT2D eigenvalue weighted by Crippen LogP contribution is -2.46. The maximum absolute atomic E-state index is 12.3. The standard InChI is InChI=1S/C15H22N6OS/c1-3-18-8-9-20(15(18)22)12-4-6-19(7-5-12)14-17-21-10-11(2)16-13(21)23-14/h10,12H,3-9H2,1-2H3. The van der Waals surface area contributed by atoms with Crippen LogP contribution in [0, 0.1) is 6.92 Å². The first-order valence-corrected chi connectivity index (χ1v) is 9.10. The molecule has 0 unspecified atom stereocenters. The minimum absolute atomic E-state index is 0.217. The Morgan fingerprint density at radius 3 is 2.70 bits per heavy atom. The molecule has 0 N–H and O–H groups in total. The average molecular weight is 334 g/mol. The molecule has 23 heavy (non-hydrogen) atoms. The lowest BCUT2D eigenvalue weighted by molar-refractivity contribution is 0.169. The predicted molar refractivity (Wildman–Crippen MR) is 90.2 cm³/mol. The van der Waals surface area contributed by atoms with Crippen LogP contribution < -0.4 is 4.90 Å². The molecule has 0 aliphatic carbocycles. The van der Waals surface area contributed by atoms with Crippen molar-refractivity contribution in [2.24, 2.45) is 0 Å². The van der Waals surface area contributed by atoms with E-state index in [1.165, 1.54) is 0 Å². The van der Waals surface area contributed by atoms with E-state index < -0.39 is 0 Å². The van der Waals surface area contributed by atoms with Crippen molar-refractivity contribution < 1.29 is 4.79 Å². The van der Waals surface area contributed by atoms with Gasteiger partial charge in [-0.2, -0.15) is 0 Å². The third-order valence-corrected chi connectivity index (χ3v) is 5.82. The largest absolute Gasteiger partial charge is 0.347 e. The Labute approximate surface area is 139 Å². The number of hydrogen-bond donors (Lipinski definition) is 0. The van der Waals surface area contributed by atoms with E-state index >= 15 is 0 Å². The van der Waals surface area contributed by atoms with E-state index in [0.29, 0.717) is 6.04 Å². The number of aromatic nitrogens is 3. The van der Waals surface area contributed by atoms with Crippen molar-refractivity contribution in [3.63, 3.8) is 0 Å². The highest BCUT2D eigenvalue weighted by Gasteiger charge is 2.35. The second kappa shape index (κ2) is 5.67. The summed E-state index contributed by atoms with van der Waals surface area (Å²) in [5.41, 5.74) is 1.00. The molecule has 2 aliphatic rings. The molecule has 0 atom stereocenters. The van der Waals surface area contributed by atoms with E-state index in [2.05, 4.69) is 19.9 Å². The SMILES string of the molecule is CCN1CCN(C2CCN(c3nn4cc(C)nc4s3)CC2)C1=O. The van der Waals surface area contributed by atoms with E-state index in [9.17, 15) is 4.79 Å². The van der Waals surface area contributed by atoms with E-state index in [-0.39, 0.29) is 6.03 Å². The lowest BCUT2D eigenvalue weighted by Gasteiger charge is -2.36. The maximum atomic E-state index is 12.3. The summed E-state index contributed by atoms with van der Waals surface area (Å²) >= 11 is 1.64. The van der Waals surface area contributed by atoms with Crippen LogP contribution in [0.5, 0.6) is 0 Å². The van der Waals surface area contributed by atoms with Crippen molar-refractivity contribution in [2.45, 2.75) is 32.7 Å². The van der Waals surface area contributed by atoms with Gasteiger partial charge < -0.3 is 14.7 Å². The summed E-state index contributed by atoms with van der Waals surface area (Å²) < 4.78 is 1.87. The van der Waals surface area contributed by atoms with Gasteiger partial charge in [-0.15, -0.1) is 5.10 Å². The number of anilines is 1. The van der Waals surface area contributed by atoms with Crippen molar-refractivity contribution in [1.29, 1.82) is 0 Å². The topological polar surface area (TPSA) is 57.0 Å².